The fraction of sp³-hybridized carbons (Fsp3) is 0.727. The van der Waals surface area contributed by atoms with Crippen molar-refractivity contribution >= 4 is 17.5 Å². The van der Waals surface area contributed by atoms with Gasteiger partial charge < -0.3 is 16.0 Å². The van der Waals surface area contributed by atoms with Gasteiger partial charge in [-0.05, 0) is 72.0 Å². The van der Waals surface area contributed by atoms with E-state index < -0.39 is 0 Å². The quantitative estimate of drug-likeness (QED) is 0.251. The van der Waals surface area contributed by atoms with Crippen LogP contribution >= 0.6 is 0 Å². The lowest BCUT2D eigenvalue weighted by Gasteiger charge is -2.41. The molecule has 0 aromatic heterocycles. The van der Waals surface area contributed by atoms with Gasteiger partial charge in [0.2, 0.25) is 0 Å². The van der Waals surface area contributed by atoms with Crippen LogP contribution in [0.25, 0.3) is 0 Å². The van der Waals surface area contributed by atoms with E-state index in [1.165, 1.54) is 16.7 Å². The van der Waals surface area contributed by atoms with Crippen molar-refractivity contribution in [2.75, 3.05) is 0 Å². The van der Waals surface area contributed by atoms with Gasteiger partial charge in [-0.2, -0.15) is 0 Å². The monoisotopic (exact) mass is 536 g/mol. The number of amidine groups is 3. The predicted molar refractivity (Wildman–Crippen MR) is 169 cm³/mol. The van der Waals surface area contributed by atoms with Crippen molar-refractivity contribution in [2.45, 2.75) is 139 Å². The lowest BCUT2D eigenvalue weighted by molar-refractivity contribution is 0.286. The summed E-state index contributed by atoms with van der Waals surface area (Å²) in [6.45, 7) is 25.1. The van der Waals surface area contributed by atoms with E-state index in [1.54, 1.807) is 0 Å². The highest BCUT2D eigenvalue weighted by atomic mass is 15.1. The first-order valence-electron chi connectivity index (χ1n) is 15.2. The van der Waals surface area contributed by atoms with E-state index >= 15 is 0 Å². The van der Waals surface area contributed by atoms with Crippen LogP contribution < -0.4 is 16.0 Å². The van der Waals surface area contributed by atoms with Crippen molar-refractivity contribution in [3.8, 4) is 0 Å². The molecule has 39 heavy (non-hydrogen) atoms. The van der Waals surface area contributed by atoms with Gasteiger partial charge >= 0.3 is 0 Å². The van der Waals surface area contributed by atoms with Gasteiger partial charge in [-0.25, -0.2) is 15.0 Å². The summed E-state index contributed by atoms with van der Waals surface area (Å²) in [6, 6.07) is 0.917. The highest BCUT2D eigenvalue weighted by molar-refractivity contribution is 5.87. The predicted octanol–water partition coefficient (Wildman–Crippen LogP) is 7.66. The van der Waals surface area contributed by atoms with Crippen LogP contribution in [0.3, 0.4) is 0 Å². The summed E-state index contributed by atoms with van der Waals surface area (Å²) in [7, 11) is 0. The second-order valence-corrected chi connectivity index (χ2v) is 14.5. The van der Waals surface area contributed by atoms with Crippen LogP contribution in [-0.4, -0.2) is 35.6 Å². The van der Waals surface area contributed by atoms with Gasteiger partial charge in [-0.15, -0.1) is 0 Å². The fourth-order valence-corrected chi connectivity index (χ4v) is 6.09. The largest absolute Gasteiger partial charge is 0.367 e. The minimum atomic E-state index is -0.0107. The zero-order chi connectivity index (χ0) is 29.0. The second-order valence-electron chi connectivity index (χ2n) is 14.5. The van der Waals surface area contributed by atoms with Crippen molar-refractivity contribution in [1.82, 2.24) is 16.0 Å². The number of unbranched alkanes of at least 4 members (excludes halogenated alkanes) is 1. The molecular formula is C33H56N6. The minimum Gasteiger partial charge on any atom is -0.367 e. The maximum absolute atomic E-state index is 4.87. The Bertz CT molecular complexity index is 1050. The van der Waals surface area contributed by atoms with Gasteiger partial charge in [-0.1, -0.05) is 69.2 Å². The topological polar surface area (TPSA) is 73.2 Å². The highest BCUT2D eigenvalue weighted by Crippen LogP contribution is 2.36. The van der Waals surface area contributed by atoms with E-state index in [9.17, 15) is 0 Å². The van der Waals surface area contributed by atoms with Gasteiger partial charge in [0.1, 0.15) is 11.7 Å². The summed E-state index contributed by atoms with van der Waals surface area (Å²) < 4.78 is 0. The van der Waals surface area contributed by atoms with Crippen molar-refractivity contribution in [3.05, 3.63) is 35.3 Å². The van der Waals surface area contributed by atoms with Gasteiger partial charge in [-0.3, -0.25) is 0 Å². The summed E-state index contributed by atoms with van der Waals surface area (Å²) in [4.78, 5) is 14.3. The highest BCUT2D eigenvalue weighted by Gasteiger charge is 2.37. The van der Waals surface area contributed by atoms with Crippen LogP contribution in [0.1, 0.15) is 121 Å². The molecule has 6 heteroatoms. The lowest BCUT2D eigenvalue weighted by atomic mass is 9.75. The molecule has 0 aromatic rings. The van der Waals surface area contributed by atoms with Crippen molar-refractivity contribution in [2.24, 2.45) is 31.2 Å². The molecule has 3 N–H and O–H groups in total. The summed E-state index contributed by atoms with van der Waals surface area (Å²) in [5.74, 6) is 3.22. The Balaban J connectivity index is 1.62. The molecule has 0 amide bonds. The molecule has 3 atom stereocenters. The molecule has 3 aliphatic rings. The van der Waals surface area contributed by atoms with E-state index in [0.29, 0.717) is 12.1 Å². The Morgan fingerprint density at radius 1 is 0.615 bits per heavy atom. The van der Waals surface area contributed by atoms with Gasteiger partial charge in [0, 0.05) is 31.4 Å². The zero-order valence-corrected chi connectivity index (χ0v) is 26.8. The van der Waals surface area contributed by atoms with Crippen LogP contribution in [0.5, 0.6) is 0 Å². The number of hydrogen-bond donors (Lipinski definition) is 3. The number of hydrogen-bond acceptors (Lipinski definition) is 6. The first-order valence-corrected chi connectivity index (χ1v) is 15.2. The Morgan fingerprint density at radius 2 is 1.10 bits per heavy atom. The van der Waals surface area contributed by atoms with Gasteiger partial charge in [0.25, 0.3) is 0 Å². The SMILES string of the molecule is CCC1=CN=C(CC(C)(C)C2NC(CCCCC3=CN=C(C)NC3C(C)(C)C)=NC=C2CC)NC1C(C)(C)C. The standard InChI is InChI=1S/C33H56N6/c1-12-23-19-36-27(39-28(23)31(4,5)6)18-33(10,11)30-24(13-2)20-35-26(38-30)17-15-14-16-25-21-34-22(3)37-29(25)32(7,8)9/h19-21,28-30H,12-18H2,1-11H3,(H,34,37)(H,35,38)(H,36,39). The third kappa shape index (κ3) is 8.08. The first kappa shape index (κ1) is 31.2. The van der Waals surface area contributed by atoms with Crippen LogP contribution in [0.2, 0.25) is 0 Å². The third-order valence-corrected chi connectivity index (χ3v) is 8.37. The molecule has 3 aliphatic heterocycles. The molecule has 0 saturated carbocycles. The van der Waals surface area contributed by atoms with Crippen LogP contribution in [-0.2, 0) is 0 Å². The summed E-state index contributed by atoms with van der Waals surface area (Å²) in [5.41, 5.74) is 4.47. The molecule has 3 heterocycles. The number of rotatable bonds is 10. The first-order chi connectivity index (χ1) is 18.2. The lowest BCUT2D eigenvalue weighted by Crippen LogP contribution is -2.52. The van der Waals surface area contributed by atoms with Crippen LogP contribution in [0, 0.1) is 16.2 Å². The fourth-order valence-electron chi connectivity index (χ4n) is 6.09. The molecule has 218 valence electrons. The average Bonchev–Trinajstić information content (AvgIpc) is 2.86. The van der Waals surface area contributed by atoms with E-state index in [1.807, 2.05) is 6.92 Å². The molecule has 0 aliphatic carbocycles. The molecular weight excluding hydrogens is 480 g/mol. The van der Waals surface area contributed by atoms with Crippen molar-refractivity contribution in [1.29, 1.82) is 0 Å². The number of nitrogens with zero attached hydrogens (tertiary/aromatic N) is 3. The van der Waals surface area contributed by atoms with E-state index in [4.69, 9.17) is 9.98 Å². The number of nitrogens with one attached hydrogen (secondary N) is 3. The van der Waals surface area contributed by atoms with Crippen LogP contribution in [0.15, 0.2) is 50.3 Å². The summed E-state index contributed by atoms with van der Waals surface area (Å²) in [5, 5.41) is 11.3. The molecule has 0 spiro atoms. The van der Waals surface area contributed by atoms with Crippen LogP contribution in [0.4, 0.5) is 0 Å². The minimum absolute atomic E-state index is 0.0107. The Morgan fingerprint density at radius 3 is 1.69 bits per heavy atom. The van der Waals surface area contributed by atoms with Crippen molar-refractivity contribution in [3.63, 3.8) is 0 Å². The van der Waals surface area contributed by atoms with E-state index in [-0.39, 0.29) is 22.3 Å². The Labute approximate surface area is 239 Å². The molecule has 0 bridgehead atoms. The molecule has 3 rings (SSSR count). The Kier molecular flexibility index (Phi) is 9.93. The van der Waals surface area contributed by atoms with Crippen molar-refractivity contribution < 1.29 is 0 Å². The summed E-state index contributed by atoms with van der Waals surface area (Å²) in [6.07, 6.45) is 13.5. The molecule has 0 saturated heterocycles. The Hall–Kier alpha value is -2.37. The molecule has 0 radical (unpaired) electrons. The van der Waals surface area contributed by atoms with E-state index in [2.05, 4.69) is 109 Å². The number of aliphatic imine (C=N–C) groups is 3. The van der Waals surface area contributed by atoms with Gasteiger partial charge in [0.15, 0.2) is 0 Å². The summed E-state index contributed by atoms with van der Waals surface area (Å²) >= 11 is 0. The normalized spacial score (nSPS) is 24.2. The molecule has 6 nitrogen and oxygen atoms in total. The second kappa shape index (κ2) is 12.4. The van der Waals surface area contributed by atoms with Gasteiger partial charge in [0.05, 0.1) is 24.0 Å². The molecule has 0 aromatic carbocycles. The smallest absolute Gasteiger partial charge is 0.103 e. The molecule has 0 fully saturated rings. The maximum atomic E-state index is 4.87. The third-order valence-electron chi connectivity index (χ3n) is 8.37. The molecule has 3 unspecified atom stereocenters. The zero-order valence-electron chi connectivity index (χ0n) is 26.8. The van der Waals surface area contributed by atoms with E-state index in [0.717, 1.165) is 62.5 Å². The maximum Gasteiger partial charge on any atom is 0.103 e. The average molecular weight is 537 g/mol.